The molecule has 1 N–H and O–H groups in total. The molecule has 0 aliphatic carbocycles. The molecule has 0 amide bonds. The molecular weight excluding hydrogens is 360 g/mol. The van der Waals surface area contributed by atoms with Crippen molar-refractivity contribution < 1.29 is 17.2 Å². The van der Waals surface area contributed by atoms with Crippen LogP contribution in [0.3, 0.4) is 0 Å². The van der Waals surface area contributed by atoms with Gasteiger partial charge in [-0.3, -0.25) is 4.72 Å². The van der Waals surface area contributed by atoms with Gasteiger partial charge in [0.25, 0.3) is 10.0 Å². The second-order valence-corrected chi connectivity index (χ2v) is 8.02. The van der Waals surface area contributed by atoms with Crippen molar-refractivity contribution in [3.8, 4) is 0 Å². The highest BCUT2D eigenvalue weighted by molar-refractivity contribution is 9.11. The highest BCUT2D eigenvalue weighted by Crippen LogP contribution is 2.30. The van der Waals surface area contributed by atoms with Crippen LogP contribution in [0.2, 0.25) is 0 Å². The Kier molecular flexibility index (Phi) is 3.93. The van der Waals surface area contributed by atoms with E-state index in [2.05, 4.69) is 20.7 Å². The third-order valence-electron chi connectivity index (χ3n) is 2.25. The molecule has 3 nitrogen and oxygen atoms in total. The lowest BCUT2D eigenvalue weighted by Gasteiger charge is -2.07. The molecule has 0 fully saturated rings. The summed E-state index contributed by atoms with van der Waals surface area (Å²) in [4.78, 5) is 0.658. The molecule has 0 bridgehead atoms. The molecular formula is C11H8BrF2NO2S2. The molecule has 8 heteroatoms. The number of halogens is 3. The fourth-order valence-electron chi connectivity index (χ4n) is 1.52. The van der Waals surface area contributed by atoms with Crippen molar-refractivity contribution in [1.82, 2.24) is 0 Å². The van der Waals surface area contributed by atoms with Crippen molar-refractivity contribution in [2.75, 3.05) is 4.72 Å². The Balaban J connectivity index is 2.39. The number of thiophene rings is 1. The molecule has 0 unspecified atom stereocenters. The predicted octanol–water partition coefficient (Wildman–Crippen LogP) is 3.90. The molecule has 0 spiro atoms. The maximum Gasteiger partial charge on any atom is 0.263 e. The van der Waals surface area contributed by atoms with Crippen LogP contribution in [0.5, 0.6) is 0 Å². The van der Waals surface area contributed by atoms with Gasteiger partial charge >= 0.3 is 0 Å². The first-order valence-corrected chi connectivity index (χ1v) is 8.12. The molecule has 102 valence electrons. The van der Waals surface area contributed by atoms with Crippen molar-refractivity contribution in [1.29, 1.82) is 0 Å². The van der Waals surface area contributed by atoms with E-state index in [1.807, 2.05) is 0 Å². The van der Waals surface area contributed by atoms with Crippen LogP contribution in [0, 0.1) is 18.6 Å². The van der Waals surface area contributed by atoms with Crippen molar-refractivity contribution in [2.45, 2.75) is 11.8 Å². The quantitative estimate of drug-likeness (QED) is 0.893. The van der Waals surface area contributed by atoms with Gasteiger partial charge in [0, 0.05) is 10.9 Å². The second-order valence-electron chi connectivity index (χ2n) is 3.73. The maximum atomic E-state index is 13.0. The van der Waals surface area contributed by atoms with Gasteiger partial charge in [-0.15, -0.1) is 11.3 Å². The number of hydrogen-bond acceptors (Lipinski definition) is 3. The van der Waals surface area contributed by atoms with E-state index in [1.165, 1.54) is 17.4 Å². The molecule has 0 saturated carbocycles. The van der Waals surface area contributed by atoms with Crippen LogP contribution in [0.15, 0.2) is 32.9 Å². The summed E-state index contributed by atoms with van der Waals surface area (Å²) in [5.41, 5.74) is -0.153. The molecule has 1 heterocycles. The van der Waals surface area contributed by atoms with E-state index in [4.69, 9.17) is 0 Å². The topological polar surface area (TPSA) is 46.2 Å². The van der Waals surface area contributed by atoms with E-state index < -0.39 is 21.7 Å². The third-order valence-corrected chi connectivity index (χ3v) is 5.44. The standard InChI is InChI=1S/C11H8BrF2NO2S2/c1-6-10(5-11(12)18-6)19(16,17)15-9-3-7(13)2-8(14)4-9/h2-5,15H,1H3. The van der Waals surface area contributed by atoms with E-state index >= 15 is 0 Å². The summed E-state index contributed by atoms with van der Waals surface area (Å²) in [7, 11) is -3.86. The summed E-state index contributed by atoms with van der Waals surface area (Å²) < 4.78 is 53.0. The van der Waals surface area contributed by atoms with E-state index in [0.717, 1.165) is 12.1 Å². The molecule has 0 radical (unpaired) electrons. The van der Waals surface area contributed by atoms with Crippen LogP contribution in [0.1, 0.15) is 4.88 Å². The maximum absolute atomic E-state index is 13.0. The third kappa shape index (κ3) is 3.31. The Bertz CT molecular complexity index is 708. The minimum atomic E-state index is -3.86. The zero-order chi connectivity index (χ0) is 14.2. The lowest BCUT2D eigenvalue weighted by molar-refractivity contribution is 0.584. The lowest BCUT2D eigenvalue weighted by atomic mass is 10.3. The summed E-state index contributed by atoms with van der Waals surface area (Å²) in [5.74, 6) is -1.69. The number of benzene rings is 1. The summed E-state index contributed by atoms with van der Waals surface area (Å²) in [6.07, 6.45) is 0. The fourth-order valence-corrected chi connectivity index (χ4v) is 4.98. The largest absolute Gasteiger partial charge is 0.279 e. The van der Waals surface area contributed by atoms with E-state index in [-0.39, 0.29) is 10.6 Å². The fraction of sp³-hybridized carbons (Fsp3) is 0.0909. The Morgan fingerprint density at radius 1 is 1.16 bits per heavy atom. The molecule has 0 aliphatic heterocycles. The van der Waals surface area contributed by atoms with E-state index in [0.29, 0.717) is 14.7 Å². The summed E-state index contributed by atoms with van der Waals surface area (Å²) in [5, 5.41) is 0. The van der Waals surface area contributed by atoms with Gasteiger partial charge in [-0.2, -0.15) is 0 Å². The van der Waals surface area contributed by atoms with Gasteiger partial charge < -0.3 is 0 Å². The van der Waals surface area contributed by atoms with Gasteiger partial charge in [0.15, 0.2) is 0 Å². The minimum Gasteiger partial charge on any atom is -0.279 e. The predicted molar refractivity (Wildman–Crippen MR) is 73.9 cm³/mol. The van der Waals surface area contributed by atoms with Gasteiger partial charge in [-0.05, 0) is 41.1 Å². The van der Waals surface area contributed by atoms with Gasteiger partial charge in [-0.1, -0.05) is 0 Å². The monoisotopic (exact) mass is 367 g/mol. The number of hydrogen-bond donors (Lipinski definition) is 1. The summed E-state index contributed by atoms with van der Waals surface area (Å²) in [6, 6.07) is 3.94. The van der Waals surface area contributed by atoms with Crippen LogP contribution in [-0.2, 0) is 10.0 Å². The Morgan fingerprint density at radius 3 is 2.21 bits per heavy atom. The molecule has 0 saturated heterocycles. The Labute approximate surface area is 121 Å². The van der Waals surface area contributed by atoms with E-state index in [9.17, 15) is 17.2 Å². The molecule has 2 aromatic rings. The highest BCUT2D eigenvalue weighted by Gasteiger charge is 2.20. The Hall–Kier alpha value is -0.990. The SMILES string of the molecule is Cc1sc(Br)cc1S(=O)(=O)Nc1cc(F)cc(F)c1. The Morgan fingerprint density at radius 2 is 1.74 bits per heavy atom. The lowest BCUT2D eigenvalue weighted by Crippen LogP contribution is -2.13. The van der Waals surface area contributed by atoms with Crippen LogP contribution < -0.4 is 4.72 Å². The van der Waals surface area contributed by atoms with Gasteiger partial charge in [0.2, 0.25) is 0 Å². The number of sulfonamides is 1. The van der Waals surface area contributed by atoms with Crippen molar-refractivity contribution in [3.63, 3.8) is 0 Å². The first-order chi connectivity index (χ1) is 8.78. The van der Waals surface area contributed by atoms with Crippen LogP contribution >= 0.6 is 27.3 Å². The molecule has 0 aliphatic rings. The normalized spacial score (nSPS) is 11.6. The number of aryl methyl sites for hydroxylation is 1. The zero-order valence-electron chi connectivity index (χ0n) is 9.58. The van der Waals surface area contributed by atoms with Crippen LogP contribution in [0.4, 0.5) is 14.5 Å². The van der Waals surface area contributed by atoms with Crippen LogP contribution in [0.25, 0.3) is 0 Å². The molecule has 2 rings (SSSR count). The summed E-state index contributed by atoms with van der Waals surface area (Å²) in [6.45, 7) is 1.65. The first kappa shape index (κ1) is 14.4. The average Bonchev–Trinajstić information content (AvgIpc) is 2.56. The first-order valence-electron chi connectivity index (χ1n) is 5.03. The molecule has 19 heavy (non-hydrogen) atoms. The van der Waals surface area contributed by atoms with Gasteiger partial charge in [0.1, 0.15) is 16.5 Å². The molecule has 0 atom stereocenters. The summed E-state index contributed by atoms with van der Waals surface area (Å²) >= 11 is 4.45. The van der Waals surface area contributed by atoms with Crippen molar-refractivity contribution >= 4 is 43.0 Å². The van der Waals surface area contributed by atoms with Gasteiger partial charge in [0.05, 0.1) is 9.47 Å². The van der Waals surface area contributed by atoms with Crippen LogP contribution in [-0.4, -0.2) is 8.42 Å². The second kappa shape index (κ2) is 5.18. The average molecular weight is 368 g/mol. The van der Waals surface area contributed by atoms with E-state index in [1.54, 1.807) is 6.92 Å². The van der Waals surface area contributed by atoms with Crippen molar-refractivity contribution in [3.05, 3.63) is 44.6 Å². The molecule has 1 aromatic heterocycles. The highest BCUT2D eigenvalue weighted by atomic mass is 79.9. The van der Waals surface area contributed by atoms with Gasteiger partial charge in [-0.25, -0.2) is 17.2 Å². The van der Waals surface area contributed by atoms with Crippen molar-refractivity contribution in [2.24, 2.45) is 0 Å². The zero-order valence-corrected chi connectivity index (χ0v) is 12.8. The smallest absolute Gasteiger partial charge is 0.263 e. The number of rotatable bonds is 3. The number of anilines is 1. The minimum absolute atomic E-state index is 0.0778. The number of nitrogens with one attached hydrogen (secondary N) is 1. The molecule has 1 aromatic carbocycles.